The minimum atomic E-state index is -0.671. The summed E-state index contributed by atoms with van der Waals surface area (Å²) in [4.78, 5) is 26.7. The van der Waals surface area contributed by atoms with Crippen molar-refractivity contribution in [2.45, 2.75) is 45.6 Å². The van der Waals surface area contributed by atoms with E-state index in [1.54, 1.807) is 27.7 Å². The topological polar surface area (TPSA) is 81.9 Å². The zero-order chi connectivity index (χ0) is 23.1. The lowest BCUT2D eigenvalue weighted by Crippen LogP contribution is -2.60. The van der Waals surface area contributed by atoms with Crippen LogP contribution in [-0.2, 0) is 14.9 Å². The van der Waals surface area contributed by atoms with Crippen molar-refractivity contribution in [1.29, 1.82) is 0 Å². The molecule has 0 unspecified atom stereocenters. The van der Waals surface area contributed by atoms with Gasteiger partial charge in [-0.1, -0.05) is 40.0 Å². The zero-order valence-corrected chi connectivity index (χ0v) is 20.1. The van der Waals surface area contributed by atoms with Gasteiger partial charge in [0.15, 0.2) is 5.76 Å². The van der Waals surface area contributed by atoms with Crippen LogP contribution in [0.1, 0.15) is 50.7 Å². The van der Waals surface area contributed by atoms with Crippen LogP contribution in [0.3, 0.4) is 0 Å². The van der Waals surface area contributed by atoms with Gasteiger partial charge in [-0.25, -0.2) is 9.59 Å². The third kappa shape index (κ3) is 4.78. The molecule has 0 aliphatic carbocycles. The van der Waals surface area contributed by atoms with Crippen molar-refractivity contribution in [3.63, 3.8) is 0 Å². The van der Waals surface area contributed by atoms with E-state index in [0.29, 0.717) is 16.3 Å². The van der Waals surface area contributed by atoms with Crippen LogP contribution in [0, 0.1) is 0 Å². The van der Waals surface area contributed by atoms with Crippen LogP contribution in [0.15, 0.2) is 16.7 Å². The van der Waals surface area contributed by atoms with Crippen LogP contribution in [-0.4, -0.2) is 47.4 Å². The lowest BCUT2D eigenvalue weighted by atomic mass is 9.77. The lowest BCUT2D eigenvalue weighted by molar-refractivity contribution is -0.0115. The number of aromatic nitrogens is 1. The molecular weight excluding hydrogens is 467 g/mol. The molecule has 2 heterocycles. The number of amides is 1. The van der Waals surface area contributed by atoms with Crippen molar-refractivity contribution in [2.24, 2.45) is 0 Å². The van der Waals surface area contributed by atoms with Crippen LogP contribution >= 0.6 is 34.8 Å². The highest BCUT2D eigenvalue weighted by Crippen LogP contribution is 2.44. The van der Waals surface area contributed by atoms with E-state index in [2.05, 4.69) is 5.16 Å². The number of likely N-dealkylation sites (tertiary alicyclic amines) is 1. The van der Waals surface area contributed by atoms with E-state index < -0.39 is 23.1 Å². The smallest absolute Gasteiger partial charge is 0.410 e. The van der Waals surface area contributed by atoms with Gasteiger partial charge in [0, 0.05) is 23.7 Å². The highest BCUT2D eigenvalue weighted by atomic mass is 35.5. The quantitative estimate of drug-likeness (QED) is 0.491. The minimum absolute atomic E-state index is 0.124. The van der Waals surface area contributed by atoms with Gasteiger partial charge < -0.3 is 18.9 Å². The molecule has 1 aliphatic heterocycles. The van der Waals surface area contributed by atoms with Crippen molar-refractivity contribution < 1.29 is 23.6 Å². The van der Waals surface area contributed by atoms with E-state index in [1.165, 1.54) is 17.0 Å². The number of halogens is 3. The molecule has 0 radical (unpaired) electrons. The second-order valence-corrected chi connectivity index (χ2v) is 9.85. The molecule has 168 valence electrons. The van der Waals surface area contributed by atoms with Crippen LogP contribution in [0.2, 0.25) is 15.1 Å². The summed E-state index contributed by atoms with van der Waals surface area (Å²) in [5.74, 6) is -0.324. The number of benzene rings is 1. The Morgan fingerprint density at radius 3 is 2.29 bits per heavy atom. The number of esters is 1. The number of nitrogens with zero attached hydrogens (tertiary/aromatic N) is 2. The molecule has 0 N–H and O–H groups in total. The Labute approximate surface area is 195 Å². The SMILES string of the molecule is CCOC(=O)c1c(-c2c(Cl)cc(Cl)cc2Cl)noc1C1(C)CN(C(=O)OC(C)(C)C)C1. The Hall–Kier alpha value is -1.96. The van der Waals surface area contributed by atoms with Crippen LogP contribution in [0.5, 0.6) is 0 Å². The van der Waals surface area contributed by atoms with E-state index >= 15 is 0 Å². The molecule has 3 rings (SSSR count). The van der Waals surface area contributed by atoms with Gasteiger partial charge in [-0.2, -0.15) is 0 Å². The van der Waals surface area contributed by atoms with Gasteiger partial charge in [0.25, 0.3) is 0 Å². The molecule has 1 saturated heterocycles. The molecule has 2 aromatic rings. The van der Waals surface area contributed by atoms with E-state index in [9.17, 15) is 9.59 Å². The third-order valence-electron chi connectivity index (χ3n) is 4.69. The highest BCUT2D eigenvalue weighted by Gasteiger charge is 2.50. The van der Waals surface area contributed by atoms with E-state index in [-0.39, 0.29) is 41.0 Å². The van der Waals surface area contributed by atoms with Crippen LogP contribution in [0.25, 0.3) is 11.3 Å². The van der Waals surface area contributed by atoms with Crippen molar-refractivity contribution >= 4 is 46.9 Å². The molecule has 10 heteroatoms. The van der Waals surface area contributed by atoms with Gasteiger partial charge in [0.2, 0.25) is 0 Å². The fourth-order valence-corrected chi connectivity index (χ4v) is 4.43. The number of carbonyl (C=O) groups is 2. The molecule has 0 bridgehead atoms. The van der Waals surface area contributed by atoms with Gasteiger partial charge in [0.1, 0.15) is 16.9 Å². The molecule has 0 atom stereocenters. The van der Waals surface area contributed by atoms with Gasteiger partial charge in [-0.15, -0.1) is 0 Å². The Kier molecular flexibility index (Phi) is 6.52. The number of hydrogen-bond acceptors (Lipinski definition) is 6. The molecule has 1 aliphatic rings. The van der Waals surface area contributed by atoms with Gasteiger partial charge in [-0.3, -0.25) is 0 Å². The monoisotopic (exact) mass is 488 g/mol. The maximum atomic E-state index is 12.9. The second-order valence-electron chi connectivity index (χ2n) is 8.60. The largest absolute Gasteiger partial charge is 0.462 e. The first-order valence-electron chi connectivity index (χ1n) is 9.66. The molecule has 0 saturated carbocycles. The standard InChI is InChI=1S/C21H23Cl3N2O5/c1-6-29-18(27)15-16(14-12(23)7-11(22)8-13(14)24)25-31-17(15)21(5)9-26(10-21)19(28)30-20(2,3)4/h7-8H,6,9-10H2,1-5H3. The highest BCUT2D eigenvalue weighted by molar-refractivity contribution is 6.42. The van der Waals surface area contributed by atoms with E-state index in [4.69, 9.17) is 48.8 Å². The summed E-state index contributed by atoms with van der Waals surface area (Å²) in [5.41, 5.74) is -0.676. The van der Waals surface area contributed by atoms with Crippen LogP contribution < -0.4 is 0 Å². The molecule has 1 aromatic carbocycles. The van der Waals surface area contributed by atoms with Crippen LogP contribution in [0.4, 0.5) is 4.79 Å². The number of carbonyl (C=O) groups excluding carboxylic acids is 2. The minimum Gasteiger partial charge on any atom is -0.462 e. The first-order valence-corrected chi connectivity index (χ1v) is 10.8. The van der Waals surface area contributed by atoms with Gasteiger partial charge >= 0.3 is 12.1 Å². The summed E-state index contributed by atoms with van der Waals surface area (Å²) >= 11 is 18.7. The first kappa shape index (κ1) is 23.7. The molecule has 31 heavy (non-hydrogen) atoms. The lowest BCUT2D eigenvalue weighted by Gasteiger charge is -2.46. The molecule has 0 spiro atoms. The van der Waals surface area contributed by atoms with Crippen molar-refractivity contribution in [3.05, 3.63) is 38.5 Å². The fraction of sp³-hybridized carbons (Fsp3) is 0.476. The number of hydrogen-bond donors (Lipinski definition) is 0. The summed E-state index contributed by atoms with van der Waals surface area (Å²) in [6.07, 6.45) is -0.439. The Morgan fingerprint density at radius 2 is 1.77 bits per heavy atom. The zero-order valence-electron chi connectivity index (χ0n) is 17.8. The number of ether oxygens (including phenoxy) is 2. The molecule has 7 nitrogen and oxygen atoms in total. The van der Waals surface area contributed by atoms with Gasteiger partial charge in [-0.05, 0) is 46.8 Å². The Balaban J connectivity index is 2.00. The average Bonchev–Trinajstić information content (AvgIpc) is 3.01. The summed E-state index contributed by atoms with van der Waals surface area (Å²) in [6, 6.07) is 3.01. The number of rotatable bonds is 4. The first-order chi connectivity index (χ1) is 14.4. The molecular formula is C21H23Cl3N2O5. The predicted octanol–water partition coefficient (Wildman–Crippen LogP) is 5.99. The maximum absolute atomic E-state index is 12.9. The van der Waals surface area contributed by atoms with E-state index in [0.717, 1.165) is 0 Å². The fourth-order valence-electron chi connectivity index (χ4n) is 3.43. The second kappa shape index (κ2) is 8.52. The van der Waals surface area contributed by atoms with E-state index in [1.807, 2.05) is 6.92 Å². The summed E-state index contributed by atoms with van der Waals surface area (Å²) in [6.45, 7) is 9.68. The molecule has 1 fully saturated rings. The maximum Gasteiger partial charge on any atom is 0.410 e. The summed E-state index contributed by atoms with van der Waals surface area (Å²) in [5, 5.41) is 4.88. The van der Waals surface area contributed by atoms with Gasteiger partial charge in [0.05, 0.1) is 22.1 Å². The normalized spacial score (nSPS) is 15.4. The summed E-state index contributed by atoms with van der Waals surface area (Å²) < 4.78 is 16.3. The third-order valence-corrected chi connectivity index (χ3v) is 5.51. The Morgan fingerprint density at radius 1 is 1.19 bits per heavy atom. The molecule has 1 amide bonds. The van der Waals surface area contributed by atoms with Crippen molar-refractivity contribution in [1.82, 2.24) is 10.1 Å². The predicted molar refractivity (Wildman–Crippen MR) is 118 cm³/mol. The van der Waals surface area contributed by atoms with Crippen molar-refractivity contribution in [2.75, 3.05) is 19.7 Å². The Bertz CT molecular complexity index is 1000. The average molecular weight is 490 g/mol. The van der Waals surface area contributed by atoms with Crippen molar-refractivity contribution in [3.8, 4) is 11.3 Å². The molecule has 1 aromatic heterocycles. The summed E-state index contributed by atoms with van der Waals surface area (Å²) in [7, 11) is 0.